The summed E-state index contributed by atoms with van der Waals surface area (Å²) in [5.74, 6) is -5.24. The Balaban J connectivity index is 2.33. The molecule has 1 aliphatic rings. The molecule has 168 valence electrons. The van der Waals surface area contributed by atoms with Crippen LogP contribution in [0.25, 0.3) is 0 Å². The Morgan fingerprint density at radius 1 is 1.16 bits per heavy atom. The van der Waals surface area contributed by atoms with Crippen LogP contribution < -0.4 is 5.32 Å². The first-order valence-electron chi connectivity index (χ1n) is 9.65. The number of aliphatic carboxylic acids is 1. The van der Waals surface area contributed by atoms with Crippen LogP contribution in [0, 0.1) is 28.4 Å². The Bertz CT molecular complexity index is 1140. The van der Waals surface area contributed by atoms with Gasteiger partial charge in [-0.25, -0.2) is 8.78 Å². The lowest BCUT2D eigenvalue weighted by Crippen LogP contribution is -2.54. The van der Waals surface area contributed by atoms with Crippen molar-refractivity contribution in [3.63, 3.8) is 0 Å². The average molecular weight is 450 g/mol. The molecule has 32 heavy (non-hydrogen) atoms. The predicted molar refractivity (Wildman–Crippen MR) is 105 cm³/mol. The Hall–Kier alpha value is -3.41. The molecule has 0 bridgehead atoms. The summed E-state index contributed by atoms with van der Waals surface area (Å²) in [6, 6.07) is 9.17. The van der Waals surface area contributed by atoms with Crippen LogP contribution in [0.4, 0.5) is 22.0 Å². The molecule has 0 aliphatic carbocycles. The summed E-state index contributed by atoms with van der Waals surface area (Å²) in [5, 5.41) is 22.8. The van der Waals surface area contributed by atoms with E-state index in [-0.39, 0.29) is 23.3 Å². The molecule has 3 unspecified atom stereocenters. The molecule has 0 saturated heterocycles. The third-order valence-corrected chi connectivity index (χ3v) is 6.05. The van der Waals surface area contributed by atoms with Crippen LogP contribution in [0.2, 0.25) is 0 Å². The van der Waals surface area contributed by atoms with Crippen molar-refractivity contribution in [2.75, 3.05) is 0 Å². The van der Waals surface area contributed by atoms with Gasteiger partial charge < -0.3 is 10.4 Å². The van der Waals surface area contributed by atoms with E-state index in [9.17, 15) is 37.1 Å². The van der Waals surface area contributed by atoms with Gasteiger partial charge in [0.25, 0.3) is 0 Å². The third kappa shape index (κ3) is 3.81. The molecule has 0 spiro atoms. The van der Waals surface area contributed by atoms with Crippen molar-refractivity contribution in [2.24, 2.45) is 5.41 Å². The lowest BCUT2D eigenvalue weighted by atomic mass is 9.62. The molecule has 2 N–H and O–H groups in total. The number of alkyl halides is 3. The highest BCUT2D eigenvalue weighted by atomic mass is 19.4. The highest BCUT2D eigenvalue weighted by molar-refractivity contribution is 5.79. The molecule has 2 aromatic rings. The normalized spacial score (nSPS) is 23.4. The van der Waals surface area contributed by atoms with E-state index in [4.69, 9.17) is 0 Å². The van der Waals surface area contributed by atoms with Crippen LogP contribution in [0.5, 0.6) is 0 Å². The van der Waals surface area contributed by atoms with E-state index in [1.54, 1.807) is 6.07 Å². The van der Waals surface area contributed by atoms with Crippen molar-refractivity contribution < 1.29 is 31.9 Å². The number of hydrogen-bond donors (Lipinski definition) is 2. The molecular weight excluding hydrogens is 431 g/mol. The minimum atomic E-state index is -5.12. The predicted octanol–water partition coefficient (Wildman–Crippen LogP) is 5.17. The topological polar surface area (TPSA) is 73.1 Å². The largest absolute Gasteiger partial charge is 0.481 e. The van der Waals surface area contributed by atoms with Crippen molar-refractivity contribution in [3.05, 3.63) is 82.1 Å². The van der Waals surface area contributed by atoms with Crippen molar-refractivity contribution in [1.82, 2.24) is 5.32 Å². The maximum Gasteiger partial charge on any atom is 0.419 e. The molecule has 9 heteroatoms. The molecule has 2 aromatic carbocycles. The fourth-order valence-corrected chi connectivity index (χ4v) is 4.19. The standard InChI is InChI=1S/C23H19F5N2O2/c1-12-22(2,21(31)32)19(14-7-5-9-17(25)20(14)23(26,27)28)15(11-29)18(30-12)10-13-6-3-4-8-16(13)24/h3-9,12,19,30H,10H2,1-2H3,(H,31,32). The minimum Gasteiger partial charge on any atom is -0.481 e. The van der Waals surface area contributed by atoms with Crippen LogP contribution in [-0.4, -0.2) is 17.1 Å². The van der Waals surface area contributed by atoms with E-state index in [2.05, 4.69) is 5.32 Å². The molecule has 4 nitrogen and oxygen atoms in total. The van der Waals surface area contributed by atoms with Crippen LogP contribution in [0.3, 0.4) is 0 Å². The summed E-state index contributed by atoms with van der Waals surface area (Å²) >= 11 is 0. The number of carboxylic acid groups (broad SMARTS) is 1. The summed E-state index contributed by atoms with van der Waals surface area (Å²) in [5.41, 5.74) is -4.26. The van der Waals surface area contributed by atoms with Crippen LogP contribution in [0.1, 0.15) is 36.5 Å². The van der Waals surface area contributed by atoms with Crippen LogP contribution in [-0.2, 0) is 17.4 Å². The Morgan fingerprint density at radius 2 is 1.78 bits per heavy atom. The van der Waals surface area contributed by atoms with Gasteiger partial charge in [0.05, 0.1) is 22.6 Å². The van der Waals surface area contributed by atoms with E-state index in [0.717, 1.165) is 12.1 Å². The van der Waals surface area contributed by atoms with Crippen molar-refractivity contribution >= 4 is 5.97 Å². The van der Waals surface area contributed by atoms with Gasteiger partial charge in [0.2, 0.25) is 0 Å². The summed E-state index contributed by atoms with van der Waals surface area (Å²) in [7, 11) is 0. The van der Waals surface area contributed by atoms with Gasteiger partial charge in [-0.2, -0.15) is 18.4 Å². The first-order chi connectivity index (χ1) is 14.9. The molecule has 1 heterocycles. The quantitative estimate of drug-likeness (QED) is 0.631. The smallest absolute Gasteiger partial charge is 0.419 e. The Kier molecular flexibility index (Phi) is 6.00. The first-order valence-corrected chi connectivity index (χ1v) is 9.65. The SMILES string of the molecule is CC1NC(Cc2ccccc2F)=C(C#N)C(c2cccc(F)c2C(F)(F)F)C1(C)C(=O)O. The number of benzene rings is 2. The number of allylic oxidation sites excluding steroid dienone is 2. The maximum absolute atomic E-state index is 14.3. The third-order valence-electron chi connectivity index (χ3n) is 6.05. The highest BCUT2D eigenvalue weighted by Crippen LogP contribution is 2.51. The monoisotopic (exact) mass is 450 g/mol. The fraction of sp³-hybridized carbons (Fsp3) is 0.304. The van der Waals surface area contributed by atoms with Gasteiger partial charge in [-0.05, 0) is 37.1 Å². The van der Waals surface area contributed by atoms with E-state index < -0.39 is 52.3 Å². The number of nitriles is 1. The van der Waals surface area contributed by atoms with Gasteiger partial charge in [0.15, 0.2) is 0 Å². The molecule has 0 amide bonds. The van der Waals surface area contributed by atoms with E-state index in [1.165, 1.54) is 32.0 Å². The molecule has 3 atom stereocenters. The summed E-state index contributed by atoms with van der Waals surface area (Å²) in [6.07, 6.45) is -5.30. The zero-order valence-corrected chi connectivity index (χ0v) is 17.1. The Labute approximate surface area is 181 Å². The lowest BCUT2D eigenvalue weighted by Gasteiger charge is -2.45. The zero-order valence-electron chi connectivity index (χ0n) is 17.1. The number of halogens is 5. The van der Waals surface area contributed by atoms with Gasteiger partial charge in [0.1, 0.15) is 11.6 Å². The van der Waals surface area contributed by atoms with Crippen LogP contribution in [0.15, 0.2) is 53.7 Å². The molecule has 1 aliphatic heterocycles. The number of hydrogen-bond acceptors (Lipinski definition) is 3. The second kappa shape index (κ2) is 8.26. The summed E-state index contributed by atoms with van der Waals surface area (Å²) < 4.78 is 69.9. The number of carbonyl (C=O) groups is 1. The van der Waals surface area contributed by atoms with Gasteiger partial charge in [-0.3, -0.25) is 4.79 Å². The minimum absolute atomic E-state index is 0.0891. The van der Waals surface area contributed by atoms with E-state index >= 15 is 0 Å². The number of carboxylic acids is 1. The van der Waals surface area contributed by atoms with Crippen molar-refractivity contribution in [3.8, 4) is 6.07 Å². The number of rotatable bonds is 4. The fourth-order valence-electron chi connectivity index (χ4n) is 4.19. The first kappa shape index (κ1) is 23.3. The van der Waals surface area contributed by atoms with Crippen molar-refractivity contribution in [2.45, 2.75) is 38.4 Å². The van der Waals surface area contributed by atoms with Gasteiger partial charge in [-0.15, -0.1) is 0 Å². The maximum atomic E-state index is 14.3. The molecule has 3 rings (SSSR count). The number of nitrogens with zero attached hydrogens (tertiary/aromatic N) is 1. The summed E-state index contributed by atoms with van der Waals surface area (Å²) in [4.78, 5) is 12.3. The average Bonchev–Trinajstić information content (AvgIpc) is 2.70. The second-order valence-corrected chi connectivity index (χ2v) is 7.86. The zero-order chi connectivity index (χ0) is 23.8. The molecule has 0 saturated carbocycles. The number of nitrogens with one attached hydrogen (secondary N) is 1. The van der Waals surface area contributed by atoms with E-state index in [1.807, 2.05) is 6.07 Å². The second-order valence-electron chi connectivity index (χ2n) is 7.86. The summed E-state index contributed by atoms with van der Waals surface area (Å²) in [6.45, 7) is 2.66. The Morgan fingerprint density at radius 3 is 2.34 bits per heavy atom. The van der Waals surface area contributed by atoms with Gasteiger partial charge in [-0.1, -0.05) is 30.3 Å². The molecule has 0 aromatic heterocycles. The molecule has 0 radical (unpaired) electrons. The molecular formula is C23H19F5N2O2. The lowest BCUT2D eigenvalue weighted by molar-refractivity contribution is -0.152. The van der Waals surface area contributed by atoms with Gasteiger partial charge in [0, 0.05) is 24.1 Å². The van der Waals surface area contributed by atoms with Crippen LogP contribution >= 0.6 is 0 Å². The van der Waals surface area contributed by atoms with Gasteiger partial charge >= 0.3 is 12.1 Å². The van der Waals surface area contributed by atoms with Crippen molar-refractivity contribution in [1.29, 1.82) is 5.26 Å². The molecule has 0 fully saturated rings. The highest BCUT2D eigenvalue weighted by Gasteiger charge is 2.54. The van der Waals surface area contributed by atoms with E-state index in [0.29, 0.717) is 6.07 Å².